The van der Waals surface area contributed by atoms with Gasteiger partial charge in [-0.1, -0.05) is 0 Å². The molecule has 0 aliphatic rings. The number of thioether (sulfide) groups is 1. The highest BCUT2D eigenvalue weighted by Gasteiger charge is 2.03. The Morgan fingerprint density at radius 1 is 1.22 bits per heavy atom. The lowest BCUT2D eigenvalue weighted by Crippen LogP contribution is -2.23. The van der Waals surface area contributed by atoms with E-state index >= 15 is 0 Å². The van der Waals surface area contributed by atoms with Crippen molar-refractivity contribution in [1.82, 2.24) is 10.2 Å². The molecule has 1 aromatic rings. The van der Waals surface area contributed by atoms with E-state index in [0.29, 0.717) is 4.90 Å². The average molecular weight is 274 g/mol. The van der Waals surface area contributed by atoms with E-state index in [0.717, 1.165) is 37.9 Å². The summed E-state index contributed by atoms with van der Waals surface area (Å²) in [6.07, 6.45) is 1.10. The van der Waals surface area contributed by atoms with Gasteiger partial charge in [0.1, 0.15) is 11.6 Å². The van der Waals surface area contributed by atoms with E-state index in [-0.39, 0.29) is 0 Å². The lowest BCUT2D eigenvalue weighted by Gasteiger charge is -2.09. The Morgan fingerprint density at radius 2 is 2.00 bits per heavy atom. The summed E-state index contributed by atoms with van der Waals surface area (Å²) >= 11 is 1.41. The first kappa shape index (κ1) is 15.4. The lowest BCUT2D eigenvalue weighted by molar-refractivity contribution is 0.396. The molecule has 1 aromatic carbocycles. The average Bonchev–Trinajstić information content (AvgIpc) is 2.30. The molecule has 1 rings (SSSR count). The second kappa shape index (κ2) is 8.45. The number of halogens is 2. The Hall–Kier alpha value is -0.650. The summed E-state index contributed by atoms with van der Waals surface area (Å²) in [5, 5.41) is 3.30. The Morgan fingerprint density at radius 3 is 2.67 bits per heavy atom. The van der Waals surface area contributed by atoms with Gasteiger partial charge in [0.05, 0.1) is 0 Å². The molecule has 0 bridgehead atoms. The molecule has 2 nitrogen and oxygen atoms in total. The van der Waals surface area contributed by atoms with Crippen LogP contribution in [0.25, 0.3) is 0 Å². The minimum atomic E-state index is -0.529. The number of rotatable bonds is 8. The molecule has 0 amide bonds. The number of hydrogen-bond donors (Lipinski definition) is 1. The van der Waals surface area contributed by atoms with Crippen LogP contribution in [0.3, 0.4) is 0 Å². The van der Waals surface area contributed by atoms with Crippen LogP contribution in [-0.4, -0.2) is 44.4 Å². The van der Waals surface area contributed by atoms with Gasteiger partial charge in [-0.05, 0) is 45.7 Å². The quantitative estimate of drug-likeness (QED) is 0.579. The van der Waals surface area contributed by atoms with Crippen molar-refractivity contribution in [2.24, 2.45) is 0 Å². The van der Waals surface area contributed by atoms with E-state index in [9.17, 15) is 8.78 Å². The third kappa shape index (κ3) is 6.33. The number of benzene rings is 1. The molecule has 0 aromatic heterocycles. The normalized spacial score (nSPS) is 11.2. The molecule has 0 radical (unpaired) electrons. The highest BCUT2D eigenvalue weighted by molar-refractivity contribution is 7.99. The maximum absolute atomic E-state index is 13.3. The molecule has 0 saturated carbocycles. The Bertz CT molecular complexity index is 359. The van der Waals surface area contributed by atoms with Crippen LogP contribution in [0.2, 0.25) is 0 Å². The van der Waals surface area contributed by atoms with Crippen molar-refractivity contribution in [2.45, 2.75) is 11.3 Å². The summed E-state index contributed by atoms with van der Waals surface area (Å²) < 4.78 is 26.0. The SMILES string of the molecule is CN(C)CCCNCCSc1ccc(F)cc1F. The number of nitrogens with zero attached hydrogens (tertiary/aromatic N) is 1. The van der Waals surface area contributed by atoms with Gasteiger partial charge < -0.3 is 10.2 Å². The van der Waals surface area contributed by atoms with Gasteiger partial charge in [0.25, 0.3) is 0 Å². The van der Waals surface area contributed by atoms with E-state index in [1.807, 2.05) is 14.1 Å². The Kier molecular flexibility index (Phi) is 7.23. The molecule has 0 saturated heterocycles. The van der Waals surface area contributed by atoms with Crippen LogP contribution >= 0.6 is 11.8 Å². The largest absolute Gasteiger partial charge is 0.316 e. The van der Waals surface area contributed by atoms with Crippen LogP contribution in [0.4, 0.5) is 8.78 Å². The number of nitrogens with one attached hydrogen (secondary N) is 1. The fourth-order valence-electron chi connectivity index (χ4n) is 1.47. The third-order valence-corrected chi connectivity index (χ3v) is 3.44. The van der Waals surface area contributed by atoms with Crippen LogP contribution in [-0.2, 0) is 0 Å². The van der Waals surface area contributed by atoms with E-state index in [1.54, 1.807) is 0 Å². The van der Waals surface area contributed by atoms with Gasteiger partial charge in [-0.2, -0.15) is 0 Å². The van der Waals surface area contributed by atoms with Crippen molar-refractivity contribution >= 4 is 11.8 Å². The molecular formula is C13H20F2N2S. The maximum atomic E-state index is 13.3. The molecule has 0 unspecified atom stereocenters. The van der Waals surface area contributed by atoms with Gasteiger partial charge in [-0.25, -0.2) is 8.78 Å². The van der Waals surface area contributed by atoms with E-state index < -0.39 is 11.6 Å². The molecule has 0 spiro atoms. The van der Waals surface area contributed by atoms with Gasteiger partial charge in [-0.15, -0.1) is 11.8 Å². The van der Waals surface area contributed by atoms with Crippen LogP contribution < -0.4 is 5.32 Å². The standard InChI is InChI=1S/C13H20F2N2S/c1-17(2)8-3-6-16-7-9-18-13-5-4-11(14)10-12(13)15/h4-5,10,16H,3,6-9H2,1-2H3. The van der Waals surface area contributed by atoms with Gasteiger partial charge in [-0.3, -0.25) is 0 Å². The molecule has 5 heteroatoms. The first-order valence-electron chi connectivity index (χ1n) is 6.03. The van der Waals surface area contributed by atoms with Crippen LogP contribution in [0, 0.1) is 11.6 Å². The van der Waals surface area contributed by atoms with Crippen LogP contribution in [0.5, 0.6) is 0 Å². The van der Waals surface area contributed by atoms with E-state index in [1.165, 1.54) is 23.9 Å². The molecule has 0 atom stereocenters. The summed E-state index contributed by atoms with van der Waals surface area (Å²) in [4.78, 5) is 2.65. The van der Waals surface area contributed by atoms with Crippen molar-refractivity contribution < 1.29 is 8.78 Å². The third-order valence-electron chi connectivity index (χ3n) is 2.39. The molecule has 0 aliphatic heterocycles. The Labute approximate surface area is 112 Å². The predicted octanol–water partition coefficient (Wildman–Crippen LogP) is 2.60. The van der Waals surface area contributed by atoms with Crippen molar-refractivity contribution in [1.29, 1.82) is 0 Å². The zero-order valence-electron chi connectivity index (χ0n) is 10.9. The van der Waals surface area contributed by atoms with Gasteiger partial charge in [0, 0.05) is 23.3 Å². The molecule has 1 N–H and O–H groups in total. The smallest absolute Gasteiger partial charge is 0.139 e. The highest BCUT2D eigenvalue weighted by Crippen LogP contribution is 2.21. The fraction of sp³-hybridized carbons (Fsp3) is 0.538. The van der Waals surface area contributed by atoms with Gasteiger partial charge in [0.15, 0.2) is 0 Å². The zero-order chi connectivity index (χ0) is 13.4. The fourth-order valence-corrected chi connectivity index (χ4v) is 2.30. The summed E-state index contributed by atoms with van der Waals surface area (Å²) in [5.74, 6) is -0.226. The van der Waals surface area contributed by atoms with Crippen LogP contribution in [0.1, 0.15) is 6.42 Å². The predicted molar refractivity (Wildman–Crippen MR) is 73.1 cm³/mol. The Balaban J connectivity index is 2.11. The molecule has 0 fully saturated rings. The molecular weight excluding hydrogens is 254 g/mol. The second-order valence-corrected chi connectivity index (χ2v) is 5.47. The lowest BCUT2D eigenvalue weighted by atomic mass is 10.3. The minimum absolute atomic E-state index is 0.479. The summed E-state index contributed by atoms with van der Waals surface area (Å²) in [5.41, 5.74) is 0. The summed E-state index contributed by atoms with van der Waals surface area (Å²) in [6, 6.07) is 3.70. The van der Waals surface area contributed by atoms with E-state index in [4.69, 9.17) is 0 Å². The number of hydrogen-bond acceptors (Lipinski definition) is 3. The molecule has 0 heterocycles. The summed E-state index contributed by atoms with van der Waals surface area (Å²) in [7, 11) is 4.10. The maximum Gasteiger partial charge on any atom is 0.139 e. The second-order valence-electron chi connectivity index (χ2n) is 4.33. The van der Waals surface area contributed by atoms with Crippen molar-refractivity contribution in [2.75, 3.05) is 39.5 Å². The van der Waals surface area contributed by atoms with Gasteiger partial charge in [0.2, 0.25) is 0 Å². The van der Waals surface area contributed by atoms with Crippen molar-refractivity contribution in [3.8, 4) is 0 Å². The van der Waals surface area contributed by atoms with Crippen molar-refractivity contribution in [3.05, 3.63) is 29.8 Å². The monoisotopic (exact) mass is 274 g/mol. The first-order chi connectivity index (χ1) is 8.59. The molecule has 102 valence electrons. The van der Waals surface area contributed by atoms with Crippen molar-refractivity contribution in [3.63, 3.8) is 0 Å². The molecule has 18 heavy (non-hydrogen) atoms. The minimum Gasteiger partial charge on any atom is -0.316 e. The van der Waals surface area contributed by atoms with Gasteiger partial charge >= 0.3 is 0 Å². The van der Waals surface area contributed by atoms with Crippen LogP contribution in [0.15, 0.2) is 23.1 Å². The molecule has 0 aliphatic carbocycles. The van der Waals surface area contributed by atoms with E-state index in [2.05, 4.69) is 10.2 Å². The topological polar surface area (TPSA) is 15.3 Å². The first-order valence-corrected chi connectivity index (χ1v) is 7.01. The summed E-state index contributed by atoms with van der Waals surface area (Å²) in [6.45, 7) is 2.85. The zero-order valence-corrected chi connectivity index (χ0v) is 11.7. The highest BCUT2D eigenvalue weighted by atomic mass is 32.2.